The van der Waals surface area contributed by atoms with Gasteiger partial charge < -0.3 is 15.4 Å². The SMILES string of the molecule is CC(C)n1cc(CCCN)c2ccc(C(=O)O)cc21. The Morgan fingerprint density at radius 3 is 2.74 bits per heavy atom. The fraction of sp³-hybridized carbons (Fsp3) is 0.400. The van der Waals surface area contributed by atoms with E-state index in [1.54, 1.807) is 12.1 Å². The summed E-state index contributed by atoms with van der Waals surface area (Å²) in [4.78, 5) is 11.1. The van der Waals surface area contributed by atoms with Crippen molar-refractivity contribution in [1.29, 1.82) is 0 Å². The molecule has 19 heavy (non-hydrogen) atoms. The first-order valence-corrected chi connectivity index (χ1v) is 6.61. The largest absolute Gasteiger partial charge is 0.478 e. The number of carboxylic acids is 1. The molecule has 0 radical (unpaired) electrons. The van der Waals surface area contributed by atoms with Crippen molar-refractivity contribution < 1.29 is 9.90 Å². The van der Waals surface area contributed by atoms with Crippen molar-refractivity contribution >= 4 is 16.9 Å². The van der Waals surface area contributed by atoms with E-state index in [0.29, 0.717) is 18.2 Å². The van der Waals surface area contributed by atoms with E-state index in [1.807, 2.05) is 6.07 Å². The van der Waals surface area contributed by atoms with Gasteiger partial charge in [-0.3, -0.25) is 0 Å². The van der Waals surface area contributed by atoms with E-state index < -0.39 is 5.97 Å². The van der Waals surface area contributed by atoms with Gasteiger partial charge in [-0.05, 0) is 50.9 Å². The summed E-state index contributed by atoms with van der Waals surface area (Å²) in [5, 5.41) is 10.2. The van der Waals surface area contributed by atoms with E-state index in [-0.39, 0.29) is 0 Å². The van der Waals surface area contributed by atoms with Gasteiger partial charge in [0, 0.05) is 23.1 Å². The number of aryl methyl sites for hydroxylation is 1. The summed E-state index contributed by atoms with van der Waals surface area (Å²) in [5.41, 5.74) is 8.13. The van der Waals surface area contributed by atoms with Crippen LogP contribution in [0.5, 0.6) is 0 Å². The number of hydrogen-bond acceptors (Lipinski definition) is 2. The topological polar surface area (TPSA) is 68.2 Å². The third-order valence-electron chi connectivity index (χ3n) is 3.37. The van der Waals surface area contributed by atoms with Gasteiger partial charge in [-0.25, -0.2) is 4.79 Å². The molecule has 1 heterocycles. The molecule has 0 unspecified atom stereocenters. The van der Waals surface area contributed by atoms with Crippen LogP contribution in [0, 0.1) is 0 Å². The van der Waals surface area contributed by atoms with Crippen molar-refractivity contribution in [1.82, 2.24) is 4.57 Å². The van der Waals surface area contributed by atoms with Gasteiger partial charge in [0.05, 0.1) is 5.56 Å². The fourth-order valence-electron chi connectivity index (χ4n) is 2.38. The van der Waals surface area contributed by atoms with Gasteiger partial charge in [0.2, 0.25) is 0 Å². The second kappa shape index (κ2) is 5.45. The molecule has 1 aromatic carbocycles. The lowest BCUT2D eigenvalue weighted by atomic mass is 10.1. The third-order valence-corrected chi connectivity index (χ3v) is 3.37. The van der Waals surface area contributed by atoms with Crippen LogP contribution in [0.1, 0.15) is 42.2 Å². The normalized spacial score (nSPS) is 11.4. The summed E-state index contributed by atoms with van der Waals surface area (Å²) in [6.45, 7) is 4.86. The fourth-order valence-corrected chi connectivity index (χ4v) is 2.38. The predicted octanol–water partition coefficient (Wildman–Crippen LogP) is 2.81. The Hall–Kier alpha value is -1.81. The molecule has 0 saturated carbocycles. The number of nitrogens with zero attached hydrogens (tertiary/aromatic N) is 1. The molecule has 2 rings (SSSR count). The maximum atomic E-state index is 11.1. The van der Waals surface area contributed by atoms with Crippen LogP contribution < -0.4 is 5.73 Å². The number of carbonyl (C=O) groups is 1. The molecule has 0 spiro atoms. The number of carboxylic acid groups (broad SMARTS) is 1. The highest BCUT2D eigenvalue weighted by Gasteiger charge is 2.13. The molecule has 0 fully saturated rings. The average molecular weight is 260 g/mol. The van der Waals surface area contributed by atoms with E-state index in [0.717, 1.165) is 23.7 Å². The average Bonchev–Trinajstić information content (AvgIpc) is 2.74. The zero-order valence-electron chi connectivity index (χ0n) is 11.4. The third kappa shape index (κ3) is 2.63. The Balaban J connectivity index is 2.57. The van der Waals surface area contributed by atoms with Gasteiger partial charge in [0.1, 0.15) is 0 Å². The van der Waals surface area contributed by atoms with Crippen LogP contribution in [0.2, 0.25) is 0 Å². The quantitative estimate of drug-likeness (QED) is 0.868. The summed E-state index contributed by atoms with van der Waals surface area (Å²) in [6.07, 6.45) is 3.99. The van der Waals surface area contributed by atoms with Gasteiger partial charge in [0.25, 0.3) is 0 Å². The number of rotatable bonds is 5. The molecule has 0 aliphatic rings. The summed E-state index contributed by atoms with van der Waals surface area (Å²) in [7, 11) is 0. The summed E-state index contributed by atoms with van der Waals surface area (Å²) >= 11 is 0. The molecule has 0 atom stereocenters. The molecule has 0 saturated heterocycles. The van der Waals surface area contributed by atoms with Gasteiger partial charge in [-0.15, -0.1) is 0 Å². The van der Waals surface area contributed by atoms with Gasteiger partial charge in [-0.2, -0.15) is 0 Å². The Labute approximate surface area is 112 Å². The Morgan fingerprint density at radius 1 is 1.42 bits per heavy atom. The van der Waals surface area contributed by atoms with E-state index in [2.05, 4.69) is 24.6 Å². The van der Waals surface area contributed by atoms with E-state index in [4.69, 9.17) is 10.8 Å². The lowest BCUT2D eigenvalue weighted by Crippen LogP contribution is -2.01. The minimum absolute atomic E-state index is 0.304. The Bertz CT molecular complexity index is 599. The highest BCUT2D eigenvalue weighted by Crippen LogP contribution is 2.26. The minimum atomic E-state index is -0.887. The molecule has 0 bridgehead atoms. The van der Waals surface area contributed by atoms with Crippen LogP contribution in [0.25, 0.3) is 10.9 Å². The van der Waals surface area contributed by atoms with E-state index in [1.165, 1.54) is 5.56 Å². The van der Waals surface area contributed by atoms with Gasteiger partial charge in [-0.1, -0.05) is 6.07 Å². The number of aromatic nitrogens is 1. The Morgan fingerprint density at radius 2 is 2.16 bits per heavy atom. The second-order valence-corrected chi connectivity index (χ2v) is 5.08. The molecule has 0 aliphatic carbocycles. The molecule has 2 aromatic rings. The second-order valence-electron chi connectivity index (χ2n) is 5.08. The predicted molar refractivity (Wildman–Crippen MR) is 76.7 cm³/mol. The molecule has 0 aliphatic heterocycles. The molecular weight excluding hydrogens is 240 g/mol. The molecule has 3 N–H and O–H groups in total. The summed E-state index contributed by atoms with van der Waals surface area (Å²) in [5.74, 6) is -0.887. The zero-order valence-corrected chi connectivity index (χ0v) is 11.4. The monoisotopic (exact) mass is 260 g/mol. The van der Waals surface area contributed by atoms with Crippen LogP contribution in [0.4, 0.5) is 0 Å². The van der Waals surface area contributed by atoms with Crippen LogP contribution in [0.15, 0.2) is 24.4 Å². The van der Waals surface area contributed by atoms with E-state index in [9.17, 15) is 4.79 Å². The molecule has 0 amide bonds. The molecule has 4 nitrogen and oxygen atoms in total. The maximum Gasteiger partial charge on any atom is 0.335 e. The van der Waals surface area contributed by atoms with E-state index >= 15 is 0 Å². The lowest BCUT2D eigenvalue weighted by molar-refractivity contribution is 0.0697. The van der Waals surface area contributed by atoms with Crippen molar-refractivity contribution in [3.05, 3.63) is 35.5 Å². The van der Waals surface area contributed by atoms with Gasteiger partial charge >= 0.3 is 5.97 Å². The Kier molecular flexibility index (Phi) is 3.90. The van der Waals surface area contributed by atoms with Crippen molar-refractivity contribution in [2.75, 3.05) is 6.54 Å². The summed E-state index contributed by atoms with van der Waals surface area (Å²) in [6, 6.07) is 5.63. The van der Waals surface area contributed by atoms with Crippen molar-refractivity contribution in [2.24, 2.45) is 5.73 Å². The van der Waals surface area contributed by atoms with Crippen LogP contribution in [-0.2, 0) is 6.42 Å². The molecular formula is C15H20N2O2. The molecule has 1 aromatic heterocycles. The number of hydrogen-bond donors (Lipinski definition) is 2. The highest BCUT2D eigenvalue weighted by atomic mass is 16.4. The molecule has 102 valence electrons. The maximum absolute atomic E-state index is 11.1. The first kappa shape index (κ1) is 13.6. The minimum Gasteiger partial charge on any atom is -0.478 e. The first-order valence-electron chi connectivity index (χ1n) is 6.61. The number of aromatic carboxylic acids is 1. The van der Waals surface area contributed by atoms with Crippen LogP contribution in [-0.4, -0.2) is 22.2 Å². The smallest absolute Gasteiger partial charge is 0.335 e. The standard InChI is InChI=1S/C15H20N2O2/c1-10(2)17-9-12(4-3-7-16)13-6-5-11(15(18)19)8-14(13)17/h5-6,8-10H,3-4,7,16H2,1-2H3,(H,18,19). The van der Waals surface area contributed by atoms with Crippen molar-refractivity contribution in [2.45, 2.75) is 32.7 Å². The zero-order chi connectivity index (χ0) is 14.0. The van der Waals surface area contributed by atoms with Crippen LogP contribution in [0.3, 0.4) is 0 Å². The number of benzene rings is 1. The molecule has 4 heteroatoms. The van der Waals surface area contributed by atoms with Crippen LogP contribution >= 0.6 is 0 Å². The summed E-state index contributed by atoms with van der Waals surface area (Å²) < 4.78 is 2.13. The van der Waals surface area contributed by atoms with Crippen molar-refractivity contribution in [3.8, 4) is 0 Å². The number of fused-ring (bicyclic) bond motifs is 1. The first-order chi connectivity index (χ1) is 9.04. The van der Waals surface area contributed by atoms with Crippen molar-refractivity contribution in [3.63, 3.8) is 0 Å². The lowest BCUT2D eigenvalue weighted by Gasteiger charge is -2.09. The van der Waals surface area contributed by atoms with Gasteiger partial charge in [0.15, 0.2) is 0 Å². The number of nitrogens with two attached hydrogens (primary N) is 1. The highest BCUT2D eigenvalue weighted by molar-refractivity contribution is 5.94.